The van der Waals surface area contributed by atoms with Gasteiger partial charge in [0.15, 0.2) is 0 Å². The van der Waals surface area contributed by atoms with Crippen LogP contribution in [0.2, 0.25) is 0 Å². The highest BCUT2D eigenvalue weighted by Crippen LogP contribution is 2.26. The molecule has 0 aliphatic carbocycles. The molecule has 0 fully saturated rings. The van der Waals surface area contributed by atoms with Gasteiger partial charge in [0.25, 0.3) is 0 Å². The first-order valence-electron chi connectivity index (χ1n) is 5.80. The lowest BCUT2D eigenvalue weighted by atomic mass is 10.0. The average molecular weight is 310 g/mol. The minimum absolute atomic E-state index is 0.380. The topological polar surface area (TPSA) is 12.0 Å². The van der Waals surface area contributed by atoms with E-state index in [4.69, 9.17) is 0 Å². The Morgan fingerprint density at radius 2 is 2.12 bits per heavy atom. The summed E-state index contributed by atoms with van der Waals surface area (Å²) in [4.78, 5) is 0. The van der Waals surface area contributed by atoms with Gasteiger partial charge in [0.1, 0.15) is 0 Å². The first-order valence-corrected chi connectivity index (χ1v) is 7.53. The Hall–Kier alpha value is -0.640. The highest BCUT2D eigenvalue weighted by Gasteiger charge is 2.13. The molecule has 0 saturated carbocycles. The van der Waals surface area contributed by atoms with E-state index in [1.54, 1.807) is 11.3 Å². The van der Waals surface area contributed by atoms with Crippen LogP contribution >= 0.6 is 27.3 Å². The summed E-state index contributed by atoms with van der Waals surface area (Å²) in [6.07, 6.45) is 1.04. The number of halogens is 1. The van der Waals surface area contributed by atoms with Crippen LogP contribution in [0.15, 0.2) is 45.6 Å². The lowest BCUT2D eigenvalue weighted by Gasteiger charge is -2.19. The summed E-state index contributed by atoms with van der Waals surface area (Å²) in [5, 5.41) is 7.91. The Balaban J connectivity index is 2.20. The van der Waals surface area contributed by atoms with E-state index in [2.05, 4.69) is 69.3 Å². The maximum absolute atomic E-state index is 3.63. The second-order valence-electron chi connectivity index (χ2n) is 3.97. The van der Waals surface area contributed by atoms with E-state index < -0.39 is 0 Å². The third-order valence-corrected chi connectivity index (χ3v) is 4.21. The molecule has 2 rings (SSSR count). The zero-order valence-electron chi connectivity index (χ0n) is 9.82. The molecule has 1 atom stereocenters. The fourth-order valence-electron chi connectivity index (χ4n) is 1.94. The van der Waals surface area contributed by atoms with Crippen LogP contribution in [0, 0.1) is 0 Å². The fraction of sp³-hybridized carbons (Fsp3) is 0.286. The van der Waals surface area contributed by atoms with Crippen molar-refractivity contribution in [3.05, 3.63) is 56.7 Å². The highest BCUT2D eigenvalue weighted by atomic mass is 79.9. The average Bonchev–Trinajstić information content (AvgIpc) is 2.82. The molecule has 0 radical (unpaired) electrons. The fourth-order valence-corrected chi connectivity index (χ4v) is 3.18. The minimum Gasteiger partial charge on any atom is -0.310 e. The molecule has 2 aromatic rings. The second kappa shape index (κ2) is 6.34. The van der Waals surface area contributed by atoms with E-state index in [0.29, 0.717) is 6.04 Å². The van der Waals surface area contributed by atoms with Crippen molar-refractivity contribution in [3.63, 3.8) is 0 Å². The van der Waals surface area contributed by atoms with Crippen molar-refractivity contribution in [3.8, 4) is 0 Å². The quantitative estimate of drug-likeness (QED) is 0.863. The highest BCUT2D eigenvalue weighted by molar-refractivity contribution is 9.10. The Kier molecular flexibility index (Phi) is 4.77. The molecule has 1 nitrogen and oxygen atoms in total. The molecule has 17 heavy (non-hydrogen) atoms. The van der Waals surface area contributed by atoms with Crippen molar-refractivity contribution in [1.29, 1.82) is 0 Å². The zero-order valence-corrected chi connectivity index (χ0v) is 12.2. The summed E-state index contributed by atoms with van der Waals surface area (Å²) in [6, 6.07) is 11.0. The summed E-state index contributed by atoms with van der Waals surface area (Å²) >= 11 is 5.39. The van der Waals surface area contributed by atoms with E-state index in [0.717, 1.165) is 13.0 Å². The molecule has 0 bridgehead atoms. The van der Waals surface area contributed by atoms with Crippen LogP contribution in [0.3, 0.4) is 0 Å². The number of rotatable bonds is 5. The van der Waals surface area contributed by atoms with Crippen LogP contribution < -0.4 is 5.32 Å². The van der Waals surface area contributed by atoms with Crippen molar-refractivity contribution >= 4 is 27.3 Å². The van der Waals surface area contributed by atoms with E-state index in [-0.39, 0.29) is 0 Å². The number of nitrogens with one attached hydrogen (secondary N) is 1. The van der Waals surface area contributed by atoms with Crippen molar-refractivity contribution < 1.29 is 0 Å². The normalized spacial score (nSPS) is 12.6. The molecule has 1 heterocycles. The van der Waals surface area contributed by atoms with Crippen LogP contribution in [-0.2, 0) is 6.42 Å². The van der Waals surface area contributed by atoms with Crippen molar-refractivity contribution in [2.24, 2.45) is 0 Å². The largest absolute Gasteiger partial charge is 0.310 e. The SMILES string of the molecule is CCNC(Cc1ccsc1)c1ccccc1Br. The molecule has 0 spiro atoms. The van der Waals surface area contributed by atoms with Gasteiger partial charge in [-0.2, -0.15) is 11.3 Å². The monoisotopic (exact) mass is 309 g/mol. The predicted molar refractivity (Wildman–Crippen MR) is 78.6 cm³/mol. The first kappa shape index (κ1) is 12.8. The minimum atomic E-state index is 0.380. The third kappa shape index (κ3) is 3.41. The van der Waals surface area contributed by atoms with E-state index in [1.807, 2.05) is 0 Å². The van der Waals surface area contributed by atoms with Gasteiger partial charge in [-0.05, 0) is 47.0 Å². The summed E-state index contributed by atoms with van der Waals surface area (Å²) < 4.78 is 1.18. The van der Waals surface area contributed by atoms with Gasteiger partial charge in [0, 0.05) is 10.5 Å². The maximum Gasteiger partial charge on any atom is 0.0372 e. The van der Waals surface area contributed by atoms with Gasteiger partial charge < -0.3 is 5.32 Å². The Morgan fingerprint density at radius 3 is 2.76 bits per heavy atom. The lowest BCUT2D eigenvalue weighted by Crippen LogP contribution is -2.23. The van der Waals surface area contributed by atoms with E-state index in [1.165, 1.54) is 15.6 Å². The third-order valence-electron chi connectivity index (χ3n) is 2.75. The van der Waals surface area contributed by atoms with Crippen LogP contribution in [-0.4, -0.2) is 6.54 Å². The van der Waals surface area contributed by atoms with Crippen molar-refractivity contribution in [2.75, 3.05) is 6.54 Å². The van der Waals surface area contributed by atoms with Gasteiger partial charge in [-0.1, -0.05) is 41.1 Å². The summed E-state index contributed by atoms with van der Waals surface area (Å²) in [7, 11) is 0. The van der Waals surface area contributed by atoms with Crippen molar-refractivity contribution in [1.82, 2.24) is 5.32 Å². The van der Waals surface area contributed by atoms with Crippen LogP contribution in [0.5, 0.6) is 0 Å². The molecule has 0 aliphatic rings. The van der Waals surface area contributed by atoms with Crippen molar-refractivity contribution in [2.45, 2.75) is 19.4 Å². The molecule has 1 unspecified atom stereocenters. The Morgan fingerprint density at radius 1 is 1.29 bits per heavy atom. The van der Waals surface area contributed by atoms with Gasteiger partial charge in [-0.15, -0.1) is 0 Å². The number of hydrogen-bond donors (Lipinski definition) is 1. The molecule has 0 amide bonds. The smallest absolute Gasteiger partial charge is 0.0372 e. The van der Waals surface area contributed by atoms with E-state index in [9.17, 15) is 0 Å². The number of benzene rings is 1. The number of thiophene rings is 1. The number of hydrogen-bond acceptors (Lipinski definition) is 2. The van der Waals surface area contributed by atoms with Crippen LogP contribution in [0.1, 0.15) is 24.1 Å². The van der Waals surface area contributed by atoms with Gasteiger partial charge in [0.2, 0.25) is 0 Å². The molecule has 0 aliphatic heterocycles. The summed E-state index contributed by atoms with van der Waals surface area (Å²) in [5.74, 6) is 0. The molecule has 3 heteroatoms. The zero-order chi connectivity index (χ0) is 12.1. The van der Waals surface area contributed by atoms with Gasteiger partial charge in [-0.3, -0.25) is 0 Å². The molecule has 0 saturated heterocycles. The first-order chi connectivity index (χ1) is 8.31. The molecule has 90 valence electrons. The van der Waals surface area contributed by atoms with E-state index >= 15 is 0 Å². The summed E-state index contributed by atoms with van der Waals surface area (Å²) in [6.45, 7) is 3.13. The molecular formula is C14H16BrNS. The predicted octanol–water partition coefficient (Wildman–Crippen LogP) is 4.40. The Labute approximate surface area is 115 Å². The molecule has 1 aromatic carbocycles. The Bertz CT molecular complexity index is 453. The molecule has 1 aromatic heterocycles. The standard InChI is InChI=1S/C14H16BrNS/c1-2-16-14(9-11-7-8-17-10-11)12-5-3-4-6-13(12)15/h3-8,10,14,16H,2,9H2,1H3. The molecule has 1 N–H and O–H groups in total. The lowest BCUT2D eigenvalue weighted by molar-refractivity contribution is 0.548. The maximum atomic E-state index is 3.63. The molecular weight excluding hydrogens is 294 g/mol. The van der Waals surface area contributed by atoms with Crippen LogP contribution in [0.4, 0.5) is 0 Å². The second-order valence-corrected chi connectivity index (χ2v) is 5.60. The van der Waals surface area contributed by atoms with Crippen LogP contribution in [0.25, 0.3) is 0 Å². The van der Waals surface area contributed by atoms with Gasteiger partial charge in [0.05, 0.1) is 0 Å². The number of likely N-dealkylation sites (N-methyl/N-ethyl adjacent to an activating group) is 1. The van der Waals surface area contributed by atoms with Gasteiger partial charge >= 0.3 is 0 Å². The summed E-state index contributed by atoms with van der Waals surface area (Å²) in [5.41, 5.74) is 2.73. The van der Waals surface area contributed by atoms with Gasteiger partial charge in [-0.25, -0.2) is 0 Å².